The van der Waals surface area contributed by atoms with Gasteiger partial charge in [0.25, 0.3) is 0 Å². The second kappa shape index (κ2) is 7.55. The van der Waals surface area contributed by atoms with Crippen LogP contribution in [0, 0.1) is 0 Å². The van der Waals surface area contributed by atoms with Crippen molar-refractivity contribution in [1.82, 2.24) is 9.80 Å². The van der Waals surface area contributed by atoms with Gasteiger partial charge in [0.1, 0.15) is 0 Å². The summed E-state index contributed by atoms with van der Waals surface area (Å²) in [7, 11) is 2.24. The summed E-state index contributed by atoms with van der Waals surface area (Å²) in [4.78, 5) is 8.05. The third-order valence-electron chi connectivity index (χ3n) is 4.40. The largest absolute Gasteiger partial charge is 0.329 e. The van der Waals surface area contributed by atoms with Gasteiger partial charge in [-0.15, -0.1) is 11.3 Å². The van der Waals surface area contributed by atoms with Gasteiger partial charge in [-0.3, -0.25) is 4.90 Å². The Morgan fingerprint density at radius 2 is 2.15 bits per heavy atom. The summed E-state index contributed by atoms with van der Waals surface area (Å²) < 4.78 is 0. The zero-order valence-corrected chi connectivity index (χ0v) is 14.0. The van der Waals surface area contributed by atoms with E-state index in [4.69, 9.17) is 5.73 Å². The normalized spacial score (nSPS) is 23.7. The standard InChI is InChI=1S/C16H29N3S/c1-4-13-12-18(3)9-6-10-19(13)15(11-17)16-8-7-14(5-2)20-16/h7-8,13,15H,4-6,9-12,17H2,1-3H3. The molecule has 1 aromatic heterocycles. The smallest absolute Gasteiger partial charge is 0.0567 e. The van der Waals surface area contributed by atoms with Crippen LogP contribution in [0.3, 0.4) is 0 Å². The van der Waals surface area contributed by atoms with Crippen molar-refractivity contribution < 1.29 is 0 Å². The maximum Gasteiger partial charge on any atom is 0.0567 e. The van der Waals surface area contributed by atoms with Crippen LogP contribution in [0.25, 0.3) is 0 Å². The van der Waals surface area contributed by atoms with Crippen molar-refractivity contribution in [3.05, 3.63) is 21.9 Å². The summed E-state index contributed by atoms with van der Waals surface area (Å²) >= 11 is 1.94. The van der Waals surface area contributed by atoms with Crippen molar-refractivity contribution in [2.75, 3.05) is 33.2 Å². The van der Waals surface area contributed by atoms with Crippen molar-refractivity contribution >= 4 is 11.3 Å². The molecule has 2 rings (SSSR count). The monoisotopic (exact) mass is 295 g/mol. The first-order valence-electron chi connectivity index (χ1n) is 7.92. The fourth-order valence-electron chi connectivity index (χ4n) is 3.21. The maximum absolute atomic E-state index is 6.14. The van der Waals surface area contributed by atoms with E-state index >= 15 is 0 Å². The van der Waals surface area contributed by atoms with Crippen LogP contribution in [-0.4, -0.2) is 49.1 Å². The van der Waals surface area contributed by atoms with Gasteiger partial charge in [0.05, 0.1) is 6.04 Å². The summed E-state index contributed by atoms with van der Waals surface area (Å²) in [6.45, 7) is 8.79. The quantitative estimate of drug-likeness (QED) is 0.906. The molecule has 0 spiro atoms. The van der Waals surface area contributed by atoms with E-state index in [1.807, 2.05) is 11.3 Å². The van der Waals surface area contributed by atoms with Gasteiger partial charge in [-0.2, -0.15) is 0 Å². The Labute approximate surface area is 127 Å². The van der Waals surface area contributed by atoms with E-state index in [9.17, 15) is 0 Å². The van der Waals surface area contributed by atoms with Gasteiger partial charge in [0.15, 0.2) is 0 Å². The second-order valence-corrected chi connectivity index (χ2v) is 7.02. The minimum atomic E-state index is 0.400. The SMILES string of the molecule is CCc1ccc(C(CN)N2CCCN(C)CC2CC)s1. The third kappa shape index (κ3) is 3.61. The van der Waals surface area contributed by atoms with Gasteiger partial charge >= 0.3 is 0 Å². The summed E-state index contributed by atoms with van der Waals surface area (Å²) in [5.41, 5.74) is 6.14. The lowest BCUT2D eigenvalue weighted by Gasteiger charge is -2.36. The van der Waals surface area contributed by atoms with Crippen molar-refractivity contribution in [2.24, 2.45) is 5.73 Å². The number of likely N-dealkylation sites (N-methyl/N-ethyl adjacent to an activating group) is 1. The highest BCUT2D eigenvalue weighted by Crippen LogP contribution is 2.30. The molecule has 0 aliphatic carbocycles. The van der Waals surface area contributed by atoms with Crippen molar-refractivity contribution in [1.29, 1.82) is 0 Å². The Balaban J connectivity index is 2.19. The molecule has 1 aliphatic rings. The number of rotatable bonds is 5. The minimum absolute atomic E-state index is 0.400. The minimum Gasteiger partial charge on any atom is -0.329 e. The van der Waals surface area contributed by atoms with Gasteiger partial charge in [-0.05, 0) is 45.0 Å². The van der Waals surface area contributed by atoms with Crippen LogP contribution in [-0.2, 0) is 6.42 Å². The highest BCUT2D eigenvalue weighted by molar-refractivity contribution is 7.12. The van der Waals surface area contributed by atoms with Crippen LogP contribution in [0.1, 0.15) is 42.5 Å². The van der Waals surface area contributed by atoms with Gasteiger partial charge < -0.3 is 10.6 Å². The second-order valence-electron chi connectivity index (χ2n) is 5.82. The summed E-state index contributed by atoms with van der Waals surface area (Å²) in [5.74, 6) is 0. The Hall–Kier alpha value is -0.420. The van der Waals surface area contributed by atoms with Crippen molar-refractivity contribution in [2.45, 2.75) is 45.2 Å². The van der Waals surface area contributed by atoms with Gasteiger partial charge in [-0.1, -0.05) is 13.8 Å². The van der Waals surface area contributed by atoms with E-state index in [-0.39, 0.29) is 0 Å². The van der Waals surface area contributed by atoms with Crippen LogP contribution in [0.2, 0.25) is 0 Å². The van der Waals surface area contributed by atoms with E-state index in [1.165, 1.54) is 42.2 Å². The molecule has 3 nitrogen and oxygen atoms in total. The summed E-state index contributed by atoms with van der Waals surface area (Å²) in [5, 5.41) is 0. The molecule has 1 fully saturated rings. The molecule has 2 N–H and O–H groups in total. The van der Waals surface area contributed by atoms with Crippen LogP contribution in [0.5, 0.6) is 0 Å². The summed E-state index contributed by atoms with van der Waals surface area (Å²) in [6.07, 6.45) is 3.57. The van der Waals surface area contributed by atoms with Crippen LogP contribution in [0.4, 0.5) is 0 Å². The molecular formula is C16H29N3S. The Bertz CT molecular complexity index is 404. The lowest BCUT2D eigenvalue weighted by Crippen LogP contribution is -2.44. The zero-order chi connectivity index (χ0) is 14.5. The van der Waals surface area contributed by atoms with Crippen LogP contribution >= 0.6 is 11.3 Å². The van der Waals surface area contributed by atoms with E-state index in [0.29, 0.717) is 12.1 Å². The highest BCUT2D eigenvalue weighted by Gasteiger charge is 2.29. The van der Waals surface area contributed by atoms with E-state index in [1.54, 1.807) is 0 Å². The zero-order valence-electron chi connectivity index (χ0n) is 13.1. The molecule has 2 heterocycles. The number of hydrogen-bond acceptors (Lipinski definition) is 4. The molecule has 4 heteroatoms. The van der Waals surface area contributed by atoms with E-state index in [2.05, 4.69) is 42.8 Å². The molecule has 2 unspecified atom stereocenters. The molecule has 114 valence electrons. The van der Waals surface area contributed by atoms with Crippen LogP contribution in [0.15, 0.2) is 12.1 Å². The molecular weight excluding hydrogens is 266 g/mol. The molecule has 1 aromatic rings. The first-order valence-corrected chi connectivity index (χ1v) is 8.74. The number of thiophene rings is 1. The van der Waals surface area contributed by atoms with Crippen molar-refractivity contribution in [3.8, 4) is 0 Å². The number of hydrogen-bond donors (Lipinski definition) is 1. The first-order chi connectivity index (χ1) is 9.69. The first kappa shape index (κ1) is 16.0. The van der Waals surface area contributed by atoms with Gasteiger partial charge in [-0.25, -0.2) is 0 Å². The van der Waals surface area contributed by atoms with Gasteiger partial charge in [0, 0.05) is 35.4 Å². The van der Waals surface area contributed by atoms with Gasteiger partial charge in [0.2, 0.25) is 0 Å². The lowest BCUT2D eigenvalue weighted by molar-refractivity contribution is 0.133. The third-order valence-corrected chi connectivity index (χ3v) is 5.73. The number of nitrogens with zero attached hydrogens (tertiary/aromatic N) is 2. The maximum atomic E-state index is 6.14. The molecule has 1 saturated heterocycles. The molecule has 0 radical (unpaired) electrons. The molecule has 0 aromatic carbocycles. The Kier molecular flexibility index (Phi) is 6.02. The lowest BCUT2D eigenvalue weighted by atomic mass is 10.1. The van der Waals surface area contributed by atoms with E-state index in [0.717, 1.165) is 13.0 Å². The Morgan fingerprint density at radius 1 is 1.35 bits per heavy atom. The molecule has 0 bridgehead atoms. The fourth-order valence-corrected chi connectivity index (χ4v) is 4.30. The summed E-state index contributed by atoms with van der Waals surface area (Å²) in [6, 6.07) is 5.59. The predicted molar refractivity (Wildman–Crippen MR) is 88.4 cm³/mol. The molecule has 0 saturated carbocycles. The molecule has 2 atom stereocenters. The molecule has 0 amide bonds. The van der Waals surface area contributed by atoms with E-state index < -0.39 is 0 Å². The average Bonchev–Trinajstić information content (AvgIpc) is 2.85. The average molecular weight is 295 g/mol. The number of nitrogens with two attached hydrogens (primary N) is 1. The topological polar surface area (TPSA) is 32.5 Å². The fraction of sp³-hybridized carbons (Fsp3) is 0.750. The number of aryl methyl sites for hydroxylation is 1. The predicted octanol–water partition coefficient (Wildman–Crippen LogP) is 2.73. The molecule has 1 aliphatic heterocycles. The Morgan fingerprint density at radius 3 is 2.75 bits per heavy atom. The van der Waals surface area contributed by atoms with Crippen LogP contribution < -0.4 is 5.73 Å². The highest BCUT2D eigenvalue weighted by atomic mass is 32.1. The molecule has 20 heavy (non-hydrogen) atoms. The van der Waals surface area contributed by atoms with Crippen molar-refractivity contribution in [3.63, 3.8) is 0 Å².